The highest BCUT2D eigenvalue weighted by Crippen LogP contribution is 2.28. The van der Waals surface area contributed by atoms with Crippen LogP contribution in [0.4, 0.5) is 0 Å². The van der Waals surface area contributed by atoms with Gasteiger partial charge < -0.3 is 14.6 Å². The predicted octanol–water partition coefficient (Wildman–Crippen LogP) is 2.71. The Bertz CT molecular complexity index is 485. The lowest BCUT2D eigenvalue weighted by atomic mass is 9.98. The third-order valence-corrected chi connectivity index (χ3v) is 4.54. The summed E-state index contributed by atoms with van der Waals surface area (Å²) < 4.78 is 1.58. The summed E-state index contributed by atoms with van der Waals surface area (Å²) in [7, 11) is 1.71. The van der Waals surface area contributed by atoms with Crippen LogP contribution in [0.2, 0.25) is 10.2 Å². The molecule has 0 aromatic carbocycles. The molecule has 0 saturated carbocycles. The maximum absolute atomic E-state index is 12.6. The molecular formula is C13H18Cl2N2O2. The Morgan fingerprint density at radius 3 is 2.68 bits per heavy atom. The number of carbonyl (C=O) groups is 1. The van der Waals surface area contributed by atoms with Gasteiger partial charge in [0.1, 0.15) is 10.8 Å². The number of aliphatic hydroxyl groups is 1. The zero-order chi connectivity index (χ0) is 14.2. The molecule has 2 atom stereocenters. The second-order valence-electron chi connectivity index (χ2n) is 5.03. The molecule has 1 amide bonds. The smallest absolute Gasteiger partial charge is 0.270 e. The largest absolute Gasteiger partial charge is 0.391 e. The van der Waals surface area contributed by atoms with E-state index in [1.807, 2.05) is 0 Å². The average molecular weight is 305 g/mol. The first-order valence-electron chi connectivity index (χ1n) is 6.43. The Morgan fingerprint density at radius 2 is 2.16 bits per heavy atom. The molecule has 0 radical (unpaired) electrons. The lowest BCUT2D eigenvalue weighted by molar-refractivity contribution is 0.0274. The van der Waals surface area contributed by atoms with Crippen LogP contribution in [0.3, 0.4) is 0 Å². The van der Waals surface area contributed by atoms with Gasteiger partial charge in [-0.25, -0.2) is 0 Å². The summed E-state index contributed by atoms with van der Waals surface area (Å²) in [6.07, 6.45) is 2.29. The third-order valence-electron chi connectivity index (χ3n) is 3.70. The normalized spacial score (nSPS) is 21.5. The first-order chi connectivity index (χ1) is 8.93. The molecule has 4 nitrogen and oxygen atoms in total. The van der Waals surface area contributed by atoms with Crippen LogP contribution < -0.4 is 0 Å². The second-order valence-corrected chi connectivity index (χ2v) is 5.79. The number of likely N-dealkylation sites (tertiary alicyclic amines) is 1. The Labute approximate surface area is 122 Å². The summed E-state index contributed by atoms with van der Waals surface area (Å²) >= 11 is 11.9. The van der Waals surface area contributed by atoms with Gasteiger partial charge in [-0.1, -0.05) is 23.2 Å². The zero-order valence-corrected chi connectivity index (χ0v) is 12.6. The van der Waals surface area contributed by atoms with Crippen LogP contribution in [0.15, 0.2) is 6.07 Å². The van der Waals surface area contributed by atoms with Crippen molar-refractivity contribution in [3.63, 3.8) is 0 Å². The minimum Gasteiger partial charge on any atom is -0.391 e. The van der Waals surface area contributed by atoms with Gasteiger partial charge in [0, 0.05) is 13.6 Å². The molecule has 0 aliphatic carbocycles. The molecule has 0 spiro atoms. The van der Waals surface area contributed by atoms with E-state index in [-0.39, 0.29) is 11.9 Å². The molecule has 6 heteroatoms. The molecule has 1 aliphatic rings. The highest BCUT2D eigenvalue weighted by molar-refractivity contribution is 6.41. The molecule has 19 heavy (non-hydrogen) atoms. The van der Waals surface area contributed by atoms with Crippen LogP contribution in [0.25, 0.3) is 0 Å². The Morgan fingerprint density at radius 1 is 1.47 bits per heavy atom. The number of aliphatic hydroxyl groups excluding tert-OH is 1. The molecule has 1 aliphatic heterocycles. The van der Waals surface area contributed by atoms with Crippen LogP contribution >= 0.6 is 23.2 Å². The summed E-state index contributed by atoms with van der Waals surface area (Å²) in [6.45, 7) is 2.38. The summed E-state index contributed by atoms with van der Waals surface area (Å²) in [5, 5.41) is 10.5. The molecule has 2 heterocycles. The summed E-state index contributed by atoms with van der Waals surface area (Å²) in [5.74, 6) is -0.123. The lowest BCUT2D eigenvalue weighted by Crippen LogP contribution is -2.49. The van der Waals surface area contributed by atoms with Gasteiger partial charge in [-0.05, 0) is 32.3 Å². The van der Waals surface area contributed by atoms with E-state index in [0.717, 1.165) is 19.3 Å². The van der Waals surface area contributed by atoms with Crippen LogP contribution in [0.5, 0.6) is 0 Å². The molecule has 1 N–H and O–H groups in total. The van der Waals surface area contributed by atoms with E-state index in [1.165, 1.54) is 0 Å². The van der Waals surface area contributed by atoms with Crippen molar-refractivity contribution < 1.29 is 9.90 Å². The average Bonchev–Trinajstić information content (AvgIpc) is 2.65. The number of carbonyl (C=O) groups excluding carboxylic acids is 1. The van der Waals surface area contributed by atoms with E-state index in [9.17, 15) is 9.90 Å². The van der Waals surface area contributed by atoms with Gasteiger partial charge in [0.05, 0.1) is 17.2 Å². The maximum Gasteiger partial charge on any atom is 0.270 e. The lowest BCUT2D eigenvalue weighted by Gasteiger charge is -2.37. The first kappa shape index (κ1) is 14.7. The maximum atomic E-state index is 12.6. The summed E-state index contributed by atoms with van der Waals surface area (Å²) in [5.41, 5.74) is 0.461. The van der Waals surface area contributed by atoms with Gasteiger partial charge >= 0.3 is 0 Å². The number of nitrogens with zero attached hydrogens (tertiary/aromatic N) is 2. The van der Waals surface area contributed by atoms with Crippen molar-refractivity contribution in [1.29, 1.82) is 0 Å². The number of aromatic nitrogens is 1. The van der Waals surface area contributed by atoms with Crippen LogP contribution in [0.1, 0.15) is 36.7 Å². The van der Waals surface area contributed by atoms with E-state index in [0.29, 0.717) is 22.4 Å². The van der Waals surface area contributed by atoms with Crippen molar-refractivity contribution in [2.75, 3.05) is 6.54 Å². The fraction of sp³-hybridized carbons (Fsp3) is 0.615. The monoisotopic (exact) mass is 304 g/mol. The van der Waals surface area contributed by atoms with Crippen molar-refractivity contribution in [3.8, 4) is 0 Å². The quantitative estimate of drug-likeness (QED) is 0.913. The number of halogens is 2. The minimum atomic E-state index is -0.532. The number of piperidine rings is 1. The number of rotatable bonds is 2. The van der Waals surface area contributed by atoms with Crippen molar-refractivity contribution in [1.82, 2.24) is 9.47 Å². The minimum absolute atomic E-state index is 0.123. The Hall–Kier alpha value is -0.710. The molecule has 1 aromatic heterocycles. The van der Waals surface area contributed by atoms with Crippen molar-refractivity contribution in [2.45, 2.75) is 38.3 Å². The number of amides is 1. The van der Waals surface area contributed by atoms with Crippen molar-refractivity contribution in [3.05, 3.63) is 21.9 Å². The molecule has 106 valence electrons. The Balaban J connectivity index is 2.29. The topological polar surface area (TPSA) is 45.5 Å². The molecule has 1 aromatic rings. The zero-order valence-electron chi connectivity index (χ0n) is 11.1. The number of hydrogen-bond acceptors (Lipinski definition) is 2. The van der Waals surface area contributed by atoms with Crippen molar-refractivity contribution >= 4 is 29.1 Å². The molecule has 2 unspecified atom stereocenters. The molecule has 1 saturated heterocycles. The highest BCUT2D eigenvalue weighted by Gasteiger charge is 2.32. The fourth-order valence-electron chi connectivity index (χ4n) is 2.61. The Kier molecular flexibility index (Phi) is 4.43. The third kappa shape index (κ3) is 2.76. The fourth-order valence-corrected chi connectivity index (χ4v) is 2.98. The molecule has 2 rings (SSSR count). The van der Waals surface area contributed by atoms with E-state index in [1.54, 1.807) is 29.5 Å². The van der Waals surface area contributed by atoms with Crippen LogP contribution in [-0.4, -0.2) is 39.2 Å². The molecular weight excluding hydrogens is 287 g/mol. The van der Waals surface area contributed by atoms with Gasteiger partial charge in [0.25, 0.3) is 5.91 Å². The van der Waals surface area contributed by atoms with Gasteiger partial charge in [-0.3, -0.25) is 4.79 Å². The van der Waals surface area contributed by atoms with Gasteiger partial charge in [-0.15, -0.1) is 0 Å². The van der Waals surface area contributed by atoms with Crippen LogP contribution in [-0.2, 0) is 7.05 Å². The van der Waals surface area contributed by atoms with E-state index >= 15 is 0 Å². The van der Waals surface area contributed by atoms with Gasteiger partial charge in [-0.2, -0.15) is 0 Å². The van der Waals surface area contributed by atoms with Gasteiger partial charge in [0.15, 0.2) is 0 Å². The predicted molar refractivity (Wildman–Crippen MR) is 75.8 cm³/mol. The number of hydrogen-bond donors (Lipinski definition) is 1. The van der Waals surface area contributed by atoms with E-state index < -0.39 is 6.10 Å². The van der Waals surface area contributed by atoms with Crippen LogP contribution in [0, 0.1) is 0 Å². The van der Waals surface area contributed by atoms with Gasteiger partial charge in [0.2, 0.25) is 0 Å². The SMILES string of the molecule is CC(O)C1CCCCN1C(=O)c1cc(Cl)c(Cl)n1C. The van der Waals surface area contributed by atoms with E-state index in [2.05, 4.69) is 0 Å². The highest BCUT2D eigenvalue weighted by atomic mass is 35.5. The molecule has 0 bridgehead atoms. The molecule has 1 fully saturated rings. The van der Waals surface area contributed by atoms with E-state index in [4.69, 9.17) is 23.2 Å². The summed E-state index contributed by atoms with van der Waals surface area (Å²) in [4.78, 5) is 14.3. The first-order valence-corrected chi connectivity index (χ1v) is 7.18. The standard InChI is InChI=1S/C13H18Cl2N2O2/c1-8(18)10-5-3-4-6-17(10)13(19)11-7-9(14)12(15)16(11)2/h7-8,10,18H,3-6H2,1-2H3. The second kappa shape index (κ2) is 5.73. The van der Waals surface area contributed by atoms with Crippen molar-refractivity contribution in [2.24, 2.45) is 7.05 Å². The summed E-state index contributed by atoms with van der Waals surface area (Å²) in [6, 6.07) is 1.45.